The average Bonchev–Trinajstić information content (AvgIpc) is 3.16. The Labute approximate surface area is 181 Å². The summed E-state index contributed by atoms with van der Waals surface area (Å²) in [6, 6.07) is 14.7. The molecule has 6 nitrogen and oxygen atoms in total. The van der Waals surface area contributed by atoms with Crippen LogP contribution in [0.3, 0.4) is 0 Å². The lowest BCUT2D eigenvalue weighted by Crippen LogP contribution is -2.32. The first kappa shape index (κ1) is 21.0. The van der Waals surface area contributed by atoms with Gasteiger partial charge >= 0.3 is 0 Å². The molecule has 1 aromatic heterocycles. The van der Waals surface area contributed by atoms with Gasteiger partial charge in [-0.05, 0) is 42.5 Å². The smallest absolute Gasteiger partial charge is 0.287 e. The van der Waals surface area contributed by atoms with Gasteiger partial charge in [-0.2, -0.15) is 0 Å². The van der Waals surface area contributed by atoms with Gasteiger partial charge in [-0.15, -0.1) is 0 Å². The number of nitrogens with one attached hydrogen (secondary N) is 2. The maximum Gasteiger partial charge on any atom is 0.287 e. The van der Waals surface area contributed by atoms with Gasteiger partial charge in [-0.1, -0.05) is 46.9 Å². The SMILES string of the molecule is O=C(CNC(=O)c1ccc(COc2ccc(Cl)cc2Cl)o1)Nc1ccccc1Cl. The highest BCUT2D eigenvalue weighted by Crippen LogP contribution is 2.28. The number of halogens is 3. The van der Waals surface area contributed by atoms with Gasteiger partial charge in [0.05, 0.1) is 22.3 Å². The third kappa shape index (κ3) is 5.90. The second kappa shape index (κ2) is 9.69. The highest BCUT2D eigenvalue weighted by atomic mass is 35.5. The molecule has 2 N–H and O–H groups in total. The van der Waals surface area contributed by atoms with Crippen LogP contribution in [0.4, 0.5) is 5.69 Å². The molecular weight excluding hydrogens is 439 g/mol. The van der Waals surface area contributed by atoms with Crippen molar-refractivity contribution in [2.24, 2.45) is 0 Å². The van der Waals surface area contributed by atoms with E-state index in [4.69, 9.17) is 44.0 Å². The number of anilines is 1. The van der Waals surface area contributed by atoms with Gasteiger partial charge in [0, 0.05) is 5.02 Å². The fourth-order valence-electron chi connectivity index (χ4n) is 2.32. The van der Waals surface area contributed by atoms with Gasteiger partial charge in [-0.3, -0.25) is 9.59 Å². The van der Waals surface area contributed by atoms with Crippen molar-refractivity contribution in [1.82, 2.24) is 5.32 Å². The molecule has 0 atom stereocenters. The van der Waals surface area contributed by atoms with Gasteiger partial charge in [-0.25, -0.2) is 0 Å². The molecule has 1 heterocycles. The largest absolute Gasteiger partial charge is 0.484 e. The molecule has 3 aromatic rings. The third-order valence-corrected chi connectivity index (χ3v) is 4.57. The Morgan fingerprint density at radius 3 is 2.52 bits per heavy atom. The van der Waals surface area contributed by atoms with E-state index in [0.717, 1.165) is 0 Å². The normalized spacial score (nSPS) is 10.4. The zero-order valence-corrected chi connectivity index (χ0v) is 17.1. The Bertz CT molecular complexity index is 1040. The minimum Gasteiger partial charge on any atom is -0.484 e. The van der Waals surface area contributed by atoms with Crippen LogP contribution in [0, 0.1) is 0 Å². The number of carbonyl (C=O) groups excluding carboxylic acids is 2. The molecule has 0 unspecified atom stereocenters. The summed E-state index contributed by atoms with van der Waals surface area (Å²) in [7, 11) is 0. The lowest BCUT2D eigenvalue weighted by Gasteiger charge is -2.07. The van der Waals surface area contributed by atoms with Crippen molar-refractivity contribution in [3.05, 3.63) is 81.2 Å². The van der Waals surface area contributed by atoms with Crippen LogP contribution in [0.5, 0.6) is 5.75 Å². The van der Waals surface area contributed by atoms with Crippen LogP contribution in [0.1, 0.15) is 16.3 Å². The summed E-state index contributed by atoms with van der Waals surface area (Å²) in [6.07, 6.45) is 0. The Morgan fingerprint density at radius 1 is 0.966 bits per heavy atom. The van der Waals surface area contributed by atoms with Crippen molar-refractivity contribution in [3.8, 4) is 5.75 Å². The zero-order chi connectivity index (χ0) is 20.8. The quantitative estimate of drug-likeness (QED) is 0.516. The fraction of sp³-hybridized carbons (Fsp3) is 0.100. The lowest BCUT2D eigenvalue weighted by atomic mass is 10.3. The number of hydrogen-bond acceptors (Lipinski definition) is 4. The number of benzene rings is 2. The van der Waals surface area contributed by atoms with Crippen molar-refractivity contribution in [2.75, 3.05) is 11.9 Å². The van der Waals surface area contributed by atoms with Crippen LogP contribution >= 0.6 is 34.8 Å². The molecule has 2 amide bonds. The second-order valence-electron chi connectivity index (χ2n) is 5.84. The number of para-hydroxylation sites is 1. The van der Waals surface area contributed by atoms with Gasteiger partial charge in [0.1, 0.15) is 18.1 Å². The summed E-state index contributed by atoms with van der Waals surface area (Å²) in [4.78, 5) is 24.1. The van der Waals surface area contributed by atoms with Crippen LogP contribution in [0.15, 0.2) is 59.0 Å². The third-order valence-electron chi connectivity index (χ3n) is 3.71. The molecule has 150 valence electrons. The first-order valence-electron chi connectivity index (χ1n) is 8.41. The predicted molar refractivity (Wildman–Crippen MR) is 112 cm³/mol. The van der Waals surface area contributed by atoms with E-state index in [1.807, 2.05) is 0 Å². The Balaban J connectivity index is 1.50. The molecule has 9 heteroatoms. The summed E-state index contributed by atoms with van der Waals surface area (Å²) in [6.45, 7) is -0.168. The van der Waals surface area contributed by atoms with Crippen molar-refractivity contribution in [1.29, 1.82) is 0 Å². The first-order chi connectivity index (χ1) is 13.9. The standard InChI is InChI=1S/C20H15Cl3N2O4/c21-12-5-7-17(15(23)9-12)28-11-13-6-8-18(29-13)20(27)24-10-19(26)25-16-4-2-1-3-14(16)22/h1-9H,10-11H2,(H,24,27)(H,25,26). The van der Waals surface area contributed by atoms with Crippen molar-refractivity contribution in [2.45, 2.75) is 6.61 Å². The van der Waals surface area contributed by atoms with Crippen molar-refractivity contribution in [3.63, 3.8) is 0 Å². The molecule has 0 aliphatic rings. The summed E-state index contributed by atoms with van der Waals surface area (Å²) < 4.78 is 11.0. The predicted octanol–water partition coefficient (Wildman–Crippen LogP) is 5.19. The van der Waals surface area contributed by atoms with Crippen LogP contribution in [0.2, 0.25) is 15.1 Å². The maximum absolute atomic E-state index is 12.2. The molecule has 29 heavy (non-hydrogen) atoms. The Hall–Kier alpha value is -2.67. The van der Waals surface area contributed by atoms with E-state index in [1.165, 1.54) is 6.07 Å². The number of ether oxygens (including phenoxy) is 1. The van der Waals surface area contributed by atoms with E-state index in [-0.39, 0.29) is 18.9 Å². The van der Waals surface area contributed by atoms with E-state index < -0.39 is 11.8 Å². The Morgan fingerprint density at radius 2 is 1.76 bits per heavy atom. The highest BCUT2D eigenvalue weighted by Gasteiger charge is 2.14. The zero-order valence-electron chi connectivity index (χ0n) is 14.9. The number of rotatable bonds is 7. The van der Waals surface area contributed by atoms with Crippen LogP contribution in [-0.4, -0.2) is 18.4 Å². The fourth-order valence-corrected chi connectivity index (χ4v) is 2.97. The van der Waals surface area contributed by atoms with E-state index in [2.05, 4.69) is 10.6 Å². The number of furan rings is 1. The Kier molecular flexibility index (Phi) is 7.04. The topological polar surface area (TPSA) is 80.6 Å². The lowest BCUT2D eigenvalue weighted by molar-refractivity contribution is -0.115. The molecule has 0 bridgehead atoms. The average molecular weight is 454 g/mol. The molecule has 0 spiro atoms. The van der Waals surface area contributed by atoms with E-state index in [9.17, 15) is 9.59 Å². The summed E-state index contributed by atoms with van der Waals surface area (Å²) in [5.74, 6) is -0.0400. The monoisotopic (exact) mass is 452 g/mol. The molecule has 0 aliphatic carbocycles. The summed E-state index contributed by atoms with van der Waals surface area (Å²) >= 11 is 17.9. The minimum absolute atomic E-state index is 0.0522. The summed E-state index contributed by atoms with van der Waals surface area (Å²) in [5, 5.41) is 6.36. The first-order valence-corrected chi connectivity index (χ1v) is 9.55. The maximum atomic E-state index is 12.2. The van der Waals surface area contributed by atoms with Gasteiger partial charge < -0.3 is 19.8 Å². The molecule has 2 aromatic carbocycles. The molecule has 3 rings (SSSR count). The van der Waals surface area contributed by atoms with Gasteiger partial charge in [0.25, 0.3) is 5.91 Å². The van der Waals surface area contributed by atoms with Crippen molar-refractivity contribution >= 4 is 52.3 Å². The number of carbonyl (C=O) groups is 2. The molecule has 0 radical (unpaired) electrons. The molecule has 0 fully saturated rings. The summed E-state index contributed by atoms with van der Waals surface area (Å²) in [5.41, 5.74) is 0.465. The number of hydrogen-bond donors (Lipinski definition) is 2. The molecule has 0 aliphatic heterocycles. The number of amides is 2. The van der Waals surface area contributed by atoms with Crippen LogP contribution < -0.4 is 15.4 Å². The van der Waals surface area contributed by atoms with E-state index >= 15 is 0 Å². The molecule has 0 saturated carbocycles. The highest BCUT2D eigenvalue weighted by molar-refractivity contribution is 6.35. The van der Waals surface area contributed by atoms with Gasteiger partial charge in [0.2, 0.25) is 5.91 Å². The minimum atomic E-state index is -0.532. The molecule has 0 saturated heterocycles. The van der Waals surface area contributed by atoms with E-state index in [0.29, 0.717) is 32.3 Å². The van der Waals surface area contributed by atoms with Crippen molar-refractivity contribution < 1.29 is 18.7 Å². The van der Waals surface area contributed by atoms with E-state index in [1.54, 1.807) is 48.5 Å². The van der Waals surface area contributed by atoms with Gasteiger partial charge in [0.15, 0.2) is 5.76 Å². The molecular formula is C20H15Cl3N2O4. The second-order valence-corrected chi connectivity index (χ2v) is 7.09. The van der Waals surface area contributed by atoms with Crippen LogP contribution in [0.25, 0.3) is 0 Å². The van der Waals surface area contributed by atoms with Crippen LogP contribution in [-0.2, 0) is 11.4 Å².